The van der Waals surface area contributed by atoms with E-state index in [4.69, 9.17) is 4.74 Å². The van der Waals surface area contributed by atoms with Crippen LogP contribution in [-0.2, 0) is 22.6 Å². The van der Waals surface area contributed by atoms with Gasteiger partial charge in [-0.05, 0) is 26.7 Å². The third kappa shape index (κ3) is 5.32. The molecule has 0 saturated carbocycles. The highest BCUT2D eigenvalue weighted by Gasteiger charge is 2.26. The second kappa shape index (κ2) is 10.5. The Labute approximate surface area is 160 Å². The van der Waals surface area contributed by atoms with Gasteiger partial charge in [-0.1, -0.05) is 0 Å². The number of rotatable bonds is 5. The fourth-order valence-corrected chi connectivity index (χ4v) is 2.73. The average Bonchev–Trinajstić information content (AvgIpc) is 3.05. The maximum atomic E-state index is 11.6. The van der Waals surface area contributed by atoms with Crippen LogP contribution >= 0.6 is 24.0 Å². The van der Waals surface area contributed by atoms with E-state index in [1.165, 1.54) is 7.11 Å². The van der Waals surface area contributed by atoms with E-state index >= 15 is 0 Å². The van der Waals surface area contributed by atoms with Crippen LogP contribution in [0.4, 0.5) is 0 Å². The van der Waals surface area contributed by atoms with Crippen molar-refractivity contribution in [3.8, 4) is 0 Å². The molecule has 1 aromatic heterocycles. The van der Waals surface area contributed by atoms with Crippen LogP contribution in [0.5, 0.6) is 0 Å². The zero-order chi connectivity index (χ0) is 16.7. The van der Waals surface area contributed by atoms with Crippen molar-refractivity contribution in [2.45, 2.75) is 39.8 Å². The standard InChI is InChI=1S/C15H26N6O2.HI/c1-4-16-15(17-10-13-19-18-11-20(13)5-2)21-8-6-12(7-9-21)14(22)23-3;/h11-12H,4-10H2,1-3H3,(H,16,17);1H. The summed E-state index contributed by atoms with van der Waals surface area (Å²) >= 11 is 0. The Bertz CT molecular complexity index is 540. The number of halogens is 1. The summed E-state index contributed by atoms with van der Waals surface area (Å²) in [6, 6.07) is 0. The minimum atomic E-state index is -0.109. The topological polar surface area (TPSA) is 84.6 Å². The molecular weight excluding hydrogens is 423 g/mol. The molecule has 0 amide bonds. The molecule has 8 nitrogen and oxygen atoms in total. The van der Waals surface area contributed by atoms with Crippen LogP contribution in [0.2, 0.25) is 0 Å². The highest BCUT2D eigenvalue weighted by atomic mass is 127. The van der Waals surface area contributed by atoms with E-state index in [1.807, 2.05) is 11.5 Å². The molecule has 1 fully saturated rings. The number of esters is 1. The summed E-state index contributed by atoms with van der Waals surface area (Å²) in [7, 11) is 1.45. The zero-order valence-electron chi connectivity index (χ0n) is 14.6. The number of nitrogens with one attached hydrogen (secondary N) is 1. The molecule has 136 valence electrons. The van der Waals surface area contributed by atoms with Crippen LogP contribution in [0.1, 0.15) is 32.5 Å². The van der Waals surface area contributed by atoms with Gasteiger partial charge in [-0.25, -0.2) is 4.99 Å². The summed E-state index contributed by atoms with van der Waals surface area (Å²) < 4.78 is 6.82. The SMILES string of the molecule is CCNC(=NCc1nncn1CC)N1CCC(C(=O)OC)CC1.I. The van der Waals surface area contributed by atoms with Crippen LogP contribution in [-0.4, -0.2) is 58.3 Å². The molecule has 0 spiro atoms. The minimum absolute atomic E-state index is 0. The van der Waals surface area contributed by atoms with E-state index in [0.717, 1.165) is 50.8 Å². The molecule has 1 N–H and O–H groups in total. The molecule has 2 rings (SSSR count). The number of aliphatic imine (C=N–C) groups is 1. The van der Waals surface area contributed by atoms with Gasteiger partial charge >= 0.3 is 5.97 Å². The average molecular weight is 450 g/mol. The van der Waals surface area contributed by atoms with E-state index in [9.17, 15) is 4.79 Å². The number of aryl methyl sites for hydroxylation is 1. The molecular formula is C15H27IN6O2. The number of nitrogens with zero attached hydrogens (tertiary/aromatic N) is 5. The van der Waals surface area contributed by atoms with E-state index in [2.05, 4.69) is 32.3 Å². The molecule has 0 bridgehead atoms. The summed E-state index contributed by atoms with van der Waals surface area (Å²) in [4.78, 5) is 18.5. The van der Waals surface area contributed by atoms with Crippen molar-refractivity contribution in [3.63, 3.8) is 0 Å². The molecule has 0 aromatic carbocycles. The highest BCUT2D eigenvalue weighted by Crippen LogP contribution is 2.18. The number of carbonyl (C=O) groups is 1. The maximum absolute atomic E-state index is 11.6. The number of carbonyl (C=O) groups excluding carboxylic acids is 1. The Morgan fingerprint density at radius 2 is 2.12 bits per heavy atom. The van der Waals surface area contributed by atoms with Crippen molar-refractivity contribution >= 4 is 35.9 Å². The van der Waals surface area contributed by atoms with Gasteiger partial charge in [0.2, 0.25) is 0 Å². The Morgan fingerprint density at radius 1 is 1.42 bits per heavy atom. The molecule has 0 unspecified atom stereocenters. The summed E-state index contributed by atoms with van der Waals surface area (Å²) in [5, 5.41) is 11.3. The predicted molar refractivity (Wildman–Crippen MR) is 102 cm³/mol. The number of ether oxygens (including phenoxy) is 1. The smallest absolute Gasteiger partial charge is 0.308 e. The normalized spacial score (nSPS) is 15.8. The van der Waals surface area contributed by atoms with Gasteiger partial charge in [-0.15, -0.1) is 34.2 Å². The fourth-order valence-electron chi connectivity index (χ4n) is 2.73. The first kappa shape index (κ1) is 20.7. The monoisotopic (exact) mass is 450 g/mol. The Balaban J connectivity index is 0.00000288. The van der Waals surface area contributed by atoms with Crippen molar-refractivity contribution in [1.82, 2.24) is 25.0 Å². The van der Waals surface area contributed by atoms with Crippen molar-refractivity contribution in [1.29, 1.82) is 0 Å². The lowest BCUT2D eigenvalue weighted by Gasteiger charge is -2.33. The Kier molecular flexibility index (Phi) is 9.01. The van der Waals surface area contributed by atoms with Gasteiger partial charge < -0.3 is 19.5 Å². The third-order valence-corrected chi connectivity index (χ3v) is 4.07. The lowest BCUT2D eigenvalue weighted by molar-refractivity contribution is -0.146. The Hall–Kier alpha value is -1.39. The van der Waals surface area contributed by atoms with Gasteiger partial charge in [0.25, 0.3) is 0 Å². The lowest BCUT2D eigenvalue weighted by Crippen LogP contribution is -2.46. The van der Waals surface area contributed by atoms with Crippen LogP contribution in [0.3, 0.4) is 0 Å². The summed E-state index contributed by atoms with van der Waals surface area (Å²) in [6.07, 6.45) is 3.31. The molecule has 24 heavy (non-hydrogen) atoms. The van der Waals surface area contributed by atoms with Gasteiger partial charge in [-0.2, -0.15) is 0 Å². The summed E-state index contributed by atoms with van der Waals surface area (Å²) in [5.41, 5.74) is 0. The van der Waals surface area contributed by atoms with Crippen molar-refractivity contribution in [2.24, 2.45) is 10.9 Å². The Morgan fingerprint density at radius 3 is 2.71 bits per heavy atom. The number of hydrogen-bond acceptors (Lipinski definition) is 5. The van der Waals surface area contributed by atoms with Crippen molar-refractivity contribution in [2.75, 3.05) is 26.7 Å². The molecule has 0 aliphatic carbocycles. The minimum Gasteiger partial charge on any atom is -0.469 e. The largest absolute Gasteiger partial charge is 0.469 e. The van der Waals surface area contributed by atoms with Crippen molar-refractivity contribution in [3.05, 3.63) is 12.2 Å². The third-order valence-electron chi connectivity index (χ3n) is 4.07. The van der Waals surface area contributed by atoms with Gasteiger partial charge in [0.05, 0.1) is 13.0 Å². The molecule has 1 aromatic rings. The second-order valence-corrected chi connectivity index (χ2v) is 5.49. The van der Waals surface area contributed by atoms with Crippen LogP contribution in [0, 0.1) is 5.92 Å². The zero-order valence-corrected chi connectivity index (χ0v) is 16.9. The maximum Gasteiger partial charge on any atom is 0.308 e. The van der Waals surface area contributed by atoms with Gasteiger partial charge in [0.1, 0.15) is 12.9 Å². The van der Waals surface area contributed by atoms with E-state index in [1.54, 1.807) is 6.33 Å². The number of likely N-dealkylation sites (tertiary alicyclic amines) is 1. The summed E-state index contributed by atoms with van der Waals surface area (Å²) in [6.45, 7) is 7.82. The van der Waals surface area contributed by atoms with Crippen LogP contribution in [0.25, 0.3) is 0 Å². The second-order valence-electron chi connectivity index (χ2n) is 5.49. The predicted octanol–water partition coefficient (Wildman–Crippen LogP) is 1.27. The first-order chi connectivity index (χ1) is 11.2. The van der Waals surface area contributed by atoms with Gasteiger partial charge in [0, 0.05) is 26.2 Å². The van der Waals surface area contributed by atoms with E-state index in [0.29, 0.717) is 6.54 Å². The van der Waals surface area contributed by atoms with Gasteiger partial charge in [-0.3, -0.25) is 4.79 Å². The van der Waals surface area contributed by atoms with Gasteiger partial charge in [0.15, 0.2) is 11.8 Å². The first-order valence-electron chi connectivity index (χ1n) is 8.17. The fraction of sp³-hybridized carbons (Fsp3) is 0.733. The molecule has 1 aliphatic heterocycles. The van der Waals surface area contributed by atoms with Crippen molar-refractivity contribution < 1.29 is 9.53 Å². The molecule has 2 heterocycles. The first-order valence-corrected chi connectivity index (χ1v) is 8.17. The number of guanidine groups is 1. The number of piperidine rings is 1. The number of aromatic nitrogens is 3. The van der Waals surface area contributed by atoms with E-state index < -0.39 is 0 Å². The molecule has 9 heteroatoms. The lowest BCUT2D eigenvalue weighted by atomic mass is 9.97. The highest BCUT2D eigenvalue weighted by molar-refractivity contribution is 14.0. The molecule has 0 atom stereocenters. The van der Waals surface area contributed by atoms with Crippen LogP contribution < -0.4 is 5.32 Å². The quantitative estimate of drug-likeness (QED) is 0.315. The van der Waals surface area contributed by atoms with Crippen LogP contribution in [0.15, 0.2) is 11.3 Å². The molecule has 0 radical (unpaired) electrons. The molecule has 1 saturated heterocycles. The number of hydrogen-bond donors (Lipinski definition) is 1. The number of methoxy groups -OCH3 is 1. The molecule has 1 aliphatic rings. The summed E-state index contributed by atoms with van der Waals surface area (Å²) in [5.74, 6) is 1.61. The van der Waals surface area contributed by atoms with E-state index in [-0.39, 0.29) is 35.9 Å².